The molecule has 0 saturated heterocycles. The molecule has 2 aromatic rings. The first kappa shape index (κ1) is 12.7. The summed E-state index contributed by atoms with van der Waals surface area (Å²) < 4.78 is 0. The Balaban J connectivity index is 2.11. The molecule has 1 aromatic heterocycles. The number of nitrogens with zero attached hydrogens (tertiary/aromatic N) is 1. The van der Waals surface area contributed by atoms with Gasteiger partial charge in [-0.2, -0.15) is 0 Å². The molecule has 100 valence electrons. The number of benzene rings is 1. The second-order valence-electron chi connectivity index (χ2n) is 5.47. The number of hydrogen-bond acceptors (Lipinski definition) is 3. The summed E-state index contributed by atoms with van der Waals surface area (Å²) in [5.74, 6) is 0.709. The first-order chi connectivity index (χ1) is 9.22. The molecule has 19 heavy (non-hydrogen) atoms. The Morgan fingerprint density at radius 2 is 1.79 bits per heavy atom. The van der Waals surface area contributed by atoms with Crippen LogP contribution in [0.5, 0.6) is 0 Å². The number of rotatable bonds is 2. The van der Waals surface area contributed by atoms with Crippen LogP contribution in [0.25, 0.3) is 0 Å². The van der Waals surface area contributed by atoms with E-state index in [0.717, 1.165) is 4.88 Å². The smallest absolute Gasteiger partial charge is 0.137 e. The highest BCUT2D eigenvalue weighted by Crippen LogP contribution is 2.46. The Morgan fingerprint density at radius 3 is 2.37 bits per heavy atom. The third kappa shape index (κ3) is 2.16. The minimum atomic E-state index is 0.104. The molecular weight excluding hydrogens is 252 g/mol. The lowest BCUT2D eigenvalue weighted by Gasteiger charge is -2.36. The van der Waals surface area contributed by atoms with E-state index in [1.54, 1.807) is 11.3 Å². The van der Waals surface area contributed by atoms with Crippen molar-refractivity contribution in [2.45, 2.75) is 44.4 Å². The van der Waals surface area contributed by atoms with Crippen molar-refractivity contribution in [2.24, 2.45) is 0 Å². The van der Waals surface area contributed by atoms with Gasteiger partial charge in [0.25, 0.3) is 0 Å². The summed E-state index contributed by atoms with van der Waals surface area (Å²) in [7, 11) is 0. The number of aromatic nitrogens is 1. The van der Waals surface area contributed by atoms with Crippen molar-refractivity contribution in [3.8, 4) is 0 Å². The topological polar surface area (TPSA) is 38.9 Å². The molecule has 2 nitrogen and oxygen atoms in total. The molecule has 2 N–H and O–H groups in total. The summed E-state index contributed by atoms with van der Waals surface area (Å²) in [5.41, 5.74) is 7.49. The van der Waals surface area contributed by atoms with Crippen LogP contribution in [0.15, 0.2) is 30.3 Å². The van der Waals surface area contributed by atoms with Crippen LogP contribution in [0.3, 0.4) is 0 Å². The average molecular weight is 272 g/mol. The van der Waals surface area contributed by atoms with Crippen LogP contribution in [0.2, 0.25) is 0 Å². The quantitative estimate of drug-likeness (QED) is 0.886. The molecular formula is C16H20N2S. The van der Waals surface area contributed by atoms with Gasteiger partial charge < -0.3 is 5.73 Å². The van der Waals surface area contributed by atoms with E-state index < -0.39 is 0 Å². The Labute approximate surface area is 118 Å². The molecule has 0 bridgehead atoms. The Morgan fingerprint density at radius 1 is 1.11 bits per heavy atom. The van der Waals surface area contributed by atoms with Crippen molar-refractivity contribution in [3.05, 3.63) is 45.8 Å². The second-order valence-corrected chi connectivity index (χ2v) is 6.67. The molecule has 3 rings (SSSR count). The van der Waals surface area contributed by atoms with Crippen molar-refractivity contribution in [1.29, 1.82) is 0 Å². The van der Waals surface area contributed by atoms with Gasteiger partial charge in [0.1, 0.15) is 10.8 Å². The van der Waals surface area contributed by atoms with E-state index in [2.05, 4.69) is 42.2 Å². The number of nitrogens with two attached hydrogens (primary N) is 1. The number of nitrogen functional groups attached to an aromatic ring is 1. The predicted molar refractivity (Wildman–Crippen MR) is 81.6 cm³/mol. The fraction of sp³-hybridized carbons (Fsp3) is 0.438. The van der Waals surface area contributed by atoms with Crippen molar-refractivity contribution in [2.75, 3.05) is 5.73 Å². The summed E-state index contributed by atoms with van der Waals surface area (Å²) in [6.45, 7) is 2.07. The fourth-order valence-corrected chi connectivity index (χ4v) is 4.25. The normalized spacial score (nSPS) is 18.4. The van der Waals surface area contributed by atoms with Crippen molar-refractivity contribution < 1.29 is 0 Å². The maximum atomic E-state index is 5.98. The maximum Gasteiger partial charge on any atom is 0.137 e. The van der Waals surface area contributed by atoms with E-state index in [1.807, 2.05) is 0 Å². The van der Waals surface area contributed by atoms with Gasteiger partial charge in [0.05, 0.1) is 0 Å². The molecule has 0 unspecified atom stereocenters. The van der Waals surface area contributed by atoms with Gasteiger partial charge in [0.2, 0.25) is 0 Å². The van der Waals surface area contributed by atoms with Gasteiger partial charge in [-0.15, -0.1) is 11.3 Å². The standard InChI is InChI=1S/C16H20N2S/c1-12-14(17)18-15(19-12)16(10-6-3-7-11-16)13-8-4-2-5-9-13/h2,4-5,8-9H,3,6-7,10-11,17H2,1H3. The largest absolute Gasteiger partial charge is 0.383 e. The van der Waals surface area contributed by atoms with Crippen LogP contribution >= 0.6 is 11.3 Å². The van der Waals surface area contributed by atoms with E-state index in [1.165, 1.54) is 42.7 Å². The lowest BCUT2D eigenvalue weighted by atomic mass is 9.70. The molecule has 0 aliphatic heterocycles. The van der Waals surface area contributed by atoms with Crippen molar-refractivity contribution >= 4 is 17.2 Å². The molecule has 0 radical (unpaired) electrons. The summed E-state index contributed by atoms with van der Waals surface area (Å²) in [4.78, 5) is 5.83. The molecule has 1 aliphatic rings. The van der Waals surface area contributed by atoms with Gasteiger partial charge in [-0.1, -0.05) is 49.6 Å². The molecule has 0 atom stereocenters. The monoisotopic (exact) mass is 272 g/mol. The highest BCUT2D eigenvalue weighted by molar-refractivity contribution is 7.12. The van der Waals surface area contributed by atoms with Crippen LogP contribution in [0, 0.1) is 6.92 Å². The van der Waals surface area contributed by atoms with Gasteiger partial charge in [-0.25, -0.2) is 4.98 Å². The van der Waals surface area contributed by atoms with E-state index in [4.69, 9.17) is 5.73 Å². The zero-order chi connectivity index (χ0) is 13.3. The molecule has 1 fully saturated rings. The number of thiazole rings is 1. The van der Waals surface area contributed by atoms with Crippen LogP contribution in [-0.4, -0.2) is 4.98 Å². The molecule has 1 saturated carbocycles. The SMILES string of the molecule is Cc1sc(C2(c3ccccc3)CCCCC2)nc1N. The highest BCUT2D eigenvalue weighted by Gasteiger charge is 2.38. The van der Waals surface area contributed by atoms with Gasteiger partial charge in [-0.3, -0.25) is 0 Å². The van der Waals surface area contributed by atoms with Crippen molar-refractivity contribution in [3.63, 3.8) is 0 Å². The minimum Gasteiger partial charge on any atom is -0.383 e. The third-order valence-electron chi connectivity index (χ3n) is 4.28. The molecule has 1 aromatic carbocycles. The molecule has 0 spiro atoms. The lowest BCUT2D eigenvalue weighted by molar-refractivity contribution is 0.345. The second kappa shape index (κ2) is 4.97. The first-order valence-corrected chi connectivity index (χ1v) is 7.83. The zero-order valence-electron chi connectivity index (χ0n) is 11.4. The van der Waals surface area contributed by atoms with Crippen LogP contribution < -0.4 is 5.73 Å². The Kier molecular flexibility index (Phi) is 3.31. The molecule has 1 aliphatic carbocycles. The van der Waals surface area contributed by atoms with Crippen molar-refractivity contribution in [1.82, 2.24) is 4.98 Å². The van der Waals surface area contributed by atoms with Gasteiger partial charge in [0, 0.05) is 10.3 Å². The third-order valence-corrected chi connectivity index (χ3v) is 5.47. The van der Waals surface area contributed by atoms with Gasteiger partial charge in [0.15, 0.2) is 0 Å². The molecule has 1 heterocycles. The van der Waals surface area contributed by atoms with E-state index in [0.29, 0.717) is 5.82 Å². The molecule has 3 heteroatoms. The number of anilines is 1. The lowest BCUT2D eigenvalue weighted by Crippen LogP contribution is -2.30. The van der Waals surface area contributed by atoms with E-state index >= 15 is 0 Å². The Hall–Kier alpha value is -1.35. The van der Waals surface area contributed by atoms with Gasteiger partial charge >= 0.3 is 0 Å². The maximum absolute atomic E-state index is 5.98. The zero-order valence-corrected chi connectivity index (χ0v) is 12.2. The Bertz CT molecular complexity index is 534. The molecule has 0 amide bonds. The highest BCUT2D eigenvalue weighted by atomic mass is 32.1. The predicted octanol–water partition coefficient (Wildman–Crippen LogP) is 4.28. The van der Waals surface area contributed by atoms with Crippen LogP contribution in [0.1, 0.15) is 47.6 Å². The fourth-order valence-electron chi connectivity index (χ4n) is 3.15. The number of aryl methyl sites for hydroxylation is 1. The van der Waals surface area contributed by atoms with Crippen LogP contribution in [0.4, 0.5) is 5.82 Å². The summed E-state index contributed by atoms with van der Waals surface area (Å²) in [6.07, 6.45) is 6.31. The summed E-state index contributed by atoms with van der Waals surface area (Å²) in [6, 6.07) is 10.9. The number of hydrogen-bond donors (Lipinski definition) is 1. The van der Waals surface area contributed by atoms with Gasteiger partial charge in [-0.05, 0) is 25.3 Å². The summed E-state index contributed by atoms with van der Waals surface area (Å²) >= 11 is 1.78. The minimum absolute atomic E-state index is 0.104. The first-order valence-electron chi connectivity index (χ1n) is 7.01. The van der Waals surface area contributed by atoms with Crippen LogP contribution in [-0.2, 0) is 5.41 Å². The average Bonchev–Trinajstić information content (AvgIpc) is 2.81. The van der Waals surface area contributed by atoms with E-state index in [9.17, 15) is 0 Å². The summed E-state index contributed by atoms with van der Waals surface area (Å²) in [5, 5.41) is 1.22. The van der Waals surface area contributed by atoms with E-state index in [-0.39, 0.29) is 5.41 Å².